The zero-order valence-corrected chi connectivity index (χ0v) is 20.5. The number of rotatable bonds is 2. The van der Waals surface area contributed by atoms with Gasteiger partial charge in [-0.2, -0.15) is 0 Å². The van der Waals surface area contributed by atoms with Crippen LogP contribution in [0.5, 0.6) is 0 Å². The topological polar surface area (TPSA) is 61.9 Å². The number of hydrogen-bond acceptors (Lipinski definition) is 5. The molecule has 4 heterocycles. The average Bonchev–Trinajstić information content (AvgIpc) is 3.42. The van der Waals surface area contributed by atoms with Gasteiger partial charge >= 0.3 is 6.09 Å². The zero-order valence-electron chi connectivity index (χ0n) is 18.1. The summed E-state index contributed by atoms with van der Waals surface area (Å²) in [5.74, 6) is 0. The summed E-state index contributed by atoms with van der Waals surface area (Å²) in [7, 11) is 1.98. The lowest BCUT2D eigenvalue weighted by Crippen LogP contribution is -2.26. The molecule has 0 fully saturated rings. The minimum absolute atomic E-state index is 0.409. The van der Waals surface area contributed by atoms with Crippen LogP contribution >= 0.6 is 27.3 Å². The third-order valence-electron chi connectivity index (χ3n) is 5.10. The molecule has 0 aliphatic heterocycles. The van der Waals surface area contributed by atoms with E-state index in [9.17, 15) is 4.79 Å². The highest BCUT2D eigenvalue weighted by molar-refractivity contribution is 9.10. The van der Waals surface area contributed by atoms with E-state index >= 15 is 0 Å². The van der Waals surface area contributed by atoms with Gasteiger partial charge < -0.3 is 9.30 Å². The van der Waals surface area contributed by atoms with Crippen LogP contribution in [0.3, 0.4) is 0 Å². The summed E-state index contributed by atoms with van der Waals surface area (Å²) < 4.78 is 10.1. The van der Waals surface area contributed by atoms with E-state index in [4.69, 9.17) is 9.72 Å². The molecule has 0 N–H and O–H groups in total. The van der Waals surface area contributed by atoms with E-state index in [0.717, 1.165) is 48.2 Å². The molecule has 0 amide bonds. The SMILES string of the molecule is Cn1cc(-c2csc(-c3cn(C(=O)OC(C)(C)C)c4ccc(Br)cc34)n2)c2cccnc21. The van der Waals surface area contributed by atoms with Crippen LogP contribution in [-0.4, -0.2) is 30.8 Å². The number of aryl methyl sites for hydroxylation is 1. The van der Waals surface area contributed by atoms with Crippen LogP contribution in [0.15, 0.2) is 58.8 Å². The van der Waals surface area contributed by atoms with Gasteiger partial charge in [-0.1, -0.05) is 15.9 Å². The van der Waals surface area contributed by atoms with Gasteiger partial charge in [0.05, 0.1) is 11.2 Å². The standard InChI is InChI=1S/C24H21BrN4O2S/c1-24(2,3)31-23(30)29-12-18(16-10-14(25)7-8-20(16)29)22-27-19(13-32-22)17-11-28(4)21-15(17)6-5-9-26-21/h5-13H,1-4H3. The predicted molar refractivity (Wildman–Crippen MR) is 132 cm³/mol. The Morgan fingerprint density at radius 3 is 2.72 bits per heavy atom. The maximum Gasteiger partial charge on any atom is 0.419 e. The Bertz CT molecular complexity index is 1490. The molecule has 0 spiro atoms. The lowest BCUT2D eigenvalue weighted by molar-refractivity contribution is 0.0544. The smallest absolute Gasteiger partial charge is 0.419 e. The van der Waals surface area contributed by atoms with Crippen molar-refractivity contribution < 1.29 is 9.53 Å². The molecule has 5 rings (SSSR count). The summed E-state index contributed by atoms with van der Waals surface area (Å²) in [6.07, 6.45) is 5.25. The maximum absolute atomic E-state index is 12.9. The number of halogens is 1. The van der Waals surface area contributed by atoms with Crippen LogP contribution in [-0.2, 0) is 11.8 Å². The molecule has 0 aliphatic rings. The molecular weight excluding hydrogens is 488 g/mol. The molecule has 0 radical (unpaired) electrons. The molecule has 0 saturated carbocycles. The van der Waals surface area contributed by atoms with Gasteiger partial charge in [-0.3, -0.25) is 4.57 Å². The van der Waals surface area contributed by atoms with Crippen molar-refractivity contribution in [2.24, 2.45) is 7.05 Å². The summed E-state index contributed by atoms with van der Waals surface area (Å²) in [5.41, 5.74) is 3.93. The third-order valence-corrected chi connectivity index (χ3v) is 6.47. The van der Waals surface area contributed by atoms with Crippen molar-refractivity contribution >= 4 is 55.3 Å². The molecule has 0 aliphatic carbocycles. The second kappa shape index (κ2) is 7.56. The Morgan fingerprint density at radius 1 is 1.12 bits per heavy atom. The maximum atomic E-state index is 12.9. The number of hydrogen-bond donors (Lipinski definition) is 0. The Hall–Kier alpha value is -2.97. The molecule has 6 nitrogen and oxygen atoms in total. The first-order valence-electron chi connectivity index (χ1n) is 10.1. The summed E-state index contributed by atoms with van der Waals surface area (Å²) >= 11 is 5.11. The van der Waals surface area contributed by atoms with E-state index in [0.29, 0.717) is 0 Å². The fraction of sp³-hybridized carbons (Fsp3) is 0.208. The Labute approximate surface area is 197 Å². The summed E-state index contributed by atoms with van der Waals surface area (Å²) in [6, 6.07) is 9.84. The first-order valence-corrected chi connectivity index (χ1v) is 11.8. The van der Waals surface area contributed by atoms with E-state index in [1.54, 1.807) is 22.1 Å². The van der Waals surface area contributed by atoms with Gasteiger partial charge in [0.1, 0.15) is 16.3 Å². The molecule has 162 valence electrons. The van der Waals surface area contributed by atoms with E-state index < -0.39 is 11.7 Å². The third kappa shape index (κ3) is 3.63. The van der Waals surface area contributed by atoms with Crippen LogP contribution in [0.4, 0.5) is 4.79 Å². The number of nitrogens with zero attached hydrogens (tertiary/aromatic N) is 4. The number of benzene rings is 1. The molecular formula is C24H21BrN4O2S. The number of thiazole rings is 1. The summed E-state index contributed by atoms with van der Waals surface area (Å²) in [6.45, 7) is 5.58. The van der Waals surface area contributed by atoms with E-state index in [1.165, 1.54) is 0 Å². The van der Waals surface area contributed by atoms with Crippen LogP contribution in [0, 0.1) is 0 Å². The second-order valence-electron chi connectivity index (χ2n) is 8.62. The molecule has 0 saturated heterocycles. The van der Waals surface area contributed by atoms with Crippen molar-refractivity contribution in [3.8, 4) is 21.8 Å². The predicted octanol–water partition coefficient (Wildman–Crippen LogP) is 6.86. The van der Waals surface area contributed by atoms with Crippen molar-refractivity contribution in [2.75, 3.05) is 0 Å². The van der Waals surface area contributed by atoms with E-state index in [1.807, 2.05) is 68.2 Å². The van der Waals surface area contributed by atoms with Crippen LogP contribution < -0.4 is 0 Å². The minimum Gasteiger partial charge on any atom is -0.443 e. The Morgan fingerprint density at radius 2 is 1.94 bits per heavy atom. The van der Waals surface area contributed by atoms with Gasteiger partial charge in [-0.15, -0.1) is 11.3 Å². The van der Waals surface area contributed by atoms with Crippen LogP contribution in [0.25, 0.3) is 43.8 Å². The molecule has 8 heteroatoms. The summed E-state index contributed by atoms with van der Waals surface area (Å²) in [4.78, 5) is 22.3. The lowest BCUT2D eigenvalue weighted by atomic mass is 10.1. The van der Waals surface area contributed by atoms with Gasteiger partial charge in [0.15, 0.2) is 0 Å². The van der Waals surface area contributed by atoms with Crippen molar-refractivity contribution in [3.63, 3.8) is 0 Å². The van der Waals surface area contributed by atoms with Crippen LogP contribution in [0.2, 0.25) is 0 Å². The van der Waals surface area contributed by atoms with E-state index in [2.05, 4.69) is 33.2 Å². The molecule has 0 bridgehead atoms. The molecule has 4 aromatic heterocycles. The highest BCUT2D eigenvalue weighted by Crippen LogP contribution is 2.38. The molecule has 5 aromatic rings. The van der Waals surface area contributed by atoms with Gasteiger partial charge in [0.25, 0.3) is 0 Å². The van der Waals surface area contributed by atoms with Gasteiger partial charge in [-0.05, 0) is 51.1 Å². The largest absolute Gasteiger partial charge is 0.443 e. The van der Waals surface area contributed by atoms with Crippen LogP contribution in [0.1, 0.15) is 20.8 Å². The Balaban J connectivity index is 1.64. The molecule has 0 atom stereocenters. The normalized spacial score (nSPS) is 12.0. The quantitative estimate of drug-likeness (QED) is 0.261. The van der Waals surface area contributed by atoms with E-state index in [-0.39, 0.29) is 0 Å². The van der Waals surface area contributed by atoms with Gasteiger partial charge in [-0.25, -0.2) is 14.8 Å². The molecule has 32 heavy (non-hydrogen) atoms. The number of pyridine rings is 1. The number of aromatic nitrogens is 4. The monoisotopic (exact) mass is 508 g/mol. The number of carbonyl (C=O) groups excluding carboxylic acids is 1. The Kier molecular flexibility index (Phi) is 4.94. The van der Waals surface area contributed by atoms with Crippen molar-refractivity contribution in [1.29, 1.82) is 0 Å². The highest BCUT2D eigenvalue weighted by atomic mass is 79.9. The minimum atomic E-state index is -0.583. The molecule has 1 aromatic carbocycles. The van der Waals surface area contributed by atoms with Crippen molar-refractivity contribution in [1.82, 2.24) is 19.1 Å². The summed E-state index contributed by atoms with van der Waals surface area (Å²) in [5, 5.41) is 4.88. The average molecular weight is 509 g/mol. The fourth-order valence-electron chi connectivity index (χ4n) is 3.77. The number of ether oxygens (including phenoxy) is 1. The number of carbonyl (C=O) groups is 1. The van der Waals surface area contributed by atoms with Gasteiger partial charge in [0.2, 0.25) is 0 Å². The van der Waals surface area contributed by atoms with Crippen molar-refractivity contribution in [2.45, 2.75) is 26.4 Å². The fourth-order valence-corrected chi connectivity index (χ4v) is 4.98. The lowest BCUT2D eigenvalue weighted by Gasteiger charge is -2.19. The zero-order chi connectivity index (χ0) is 22.6. The first-order chi connectivity index (χ1) is 15.2. The molecule has 0 unspecified atom stereocenters. The van der Waals surface area contributed by atoms with Gasteiger partial charge in [0, 0.05) is 57.4 Å². The van der Waals surface area contributed by atoms with Crippen molar-refractivity contribution in [3.05, 3.63) is 58.8 Å². The number of fused-ring (bicyclic) bond motifs is 2. The first kappa shape index (κ1) is 20.9. The highest BCUT2D eigenvalue weighted by Gasteiger charge is 2.23. The second-order valence-corrected chi connectivity index (χ2v) is 10.4.